The van der Waals surface area contributed by atoms with Gasteiger partial charge in [-0.2, -0.15) is 5.26 Å². The minimum atomic E-state index is 0.801. The quantitative estimate of drug-likeness (QED) is 0.459. The molecule has 2 rings (SSSR count). The number of hydrogen-bond acceptors (Lipinski definition) is 1. The van der Waals surface area contributed by atoms with Crippen LogP contribution in [0.2, 0.25) is 0 Å². The molecule has 2 nitrogen and oxygen atoms in total. The van der Waals surface area contributed by atoms with Crippen molar-refractivity contribution in [2.75, 3.05) is 0 Å². The summed E-state index contributed by atoms with van der Waals surface area (Å²) in [5.74, 6) is 0. The molecule has 0 N–H and O–H groups in total. The molecule has 0 amide bonds. The Labute approximate surface area is 134 Å². The number of aromatic nitrogens is 1. The lowest BCUT2D eigenvalue weighted by molar-refractivity contribution is 0.616. The van der Waals surface area contributed by atoms with Gasteiger partial charge in [0.2, 0.25) is 0 Å². The molecule has 0 spiro atoms. The molecule has 0 aliphatic heterocycles. The number of rotatable bonds is 7. The molecule has 0 aliphatic carbocycles. The normalized spacial score (nSPS) is 12.3. The van der Waals surface area contributed by atoms with E-state index in [0.717, 1.165) is 25.0 Å². The Hall–Kier alpha value is -2.01. The average Bonchev–Trinajstić information content (AvgIpc) is 2.91. The number of nitrogens with zero attached hydrogens (tertiary/aromatic N) is 2. The van der Waals surface area contributed by atoms with Crippen LogP contribution in [0.15, 0.2) is 36.0 Å². The molecule has 0 aliphatic rings. The van der Waals surface area contributed by atoms with Crippen LogP contribution in [0.5, 0.6) is 0 Å². The lowest BCUT2D eigenvalue weighted by Crippen LogP contribution is -1.95. The molecule has 0 saturated carbocycles. The van der Waals surface area contributed by atoms with E-state index in [1.54, 1.807) is 0 Å². The van der Waals surface area contributed by atoms with Gasteiger partial charge in [-0.1, -0.05) is 51.8 Å². The van der Waals surface area contributed by atoms with Crippen molar-refractivity contribution in [2.24, 2.45) is 0 Å². The van der Waals surface area contributed by atoms with Crippen LogP contribution in [0, 0.1) is 11.3 Å². The monoisotopic (exact) mass is 294 g/mol. The molecule has 1 heterocycles. The van der Waals surface area contributed by atoms with Crippen molar-refractivity contribution >= 4 is 16.5 Å². The smallest absolute Gasteiger partial charge is 0.0950 e. The van der Waals surface area contributed by atoms with E-state index >= 15 is 0 Å². The Bertz CT molecular complexity index is 698. The molecule has 2 aromatic rings. The highest BCUT2D eigenvalue weighted by molar-refractivity contribution is 5.94. The van der Waals surface area contributed by atoms with Crippen molar-refractivity contribution in [3.8, 4) is 6.07 Å². The van der Waals surface area contributed by atoms with Crippen LogP contribution >= 0.6 is 0 Å². The van der Waals surface area contributed by atoms with E-state index < -0.39 is 0 Å². The number of nitriles is 1. The summed E-state index contributed by atoms with van der Waals surface area (Å²) in [4.78, 5) is 0. The van der Waals surface area contributed by atoms with Crippen molar-refractivity contribution in [3.63, 3.8) is 0 Å². The minimum absolute atomic E-state index is 0.801. The van der Waals surface area contributed by atoms with Crippen LogP contribution in [0.25, 0.3) is 16.5 Å². The van der Waals surface area contributed by atoms with Gasteiger partial charge in [0.1, 0.15) is 0 Å². The first kappa shape index (κ1) is 16.4. The summed E-state index contributed by atoms with van der Waals surface area (Å²) in [6.45, 7) is 7.50. The summed E-state index contributed by atoms with van der Waals surface area (Å²) in [5, 5.41) is 10.7. The number of benzene rings is 1. The molecule has 22 heavy (non-hydrogen) atoms. The fourth-order valence-electron chi connectivity index (χ4n) is 3.13. The zero-order chi connectivity index (χ0) is 15.9. The zero-order valence-electron chi connectivity index (χ0n) is 14.0. The Morgan fingerprint density at radius 3 is 2.50 bits per heavy atom. The van der Waals surface area contributed by atoms with Crippen LogP contribution in [0.1, 0.15) is 58.4 Å². The van der Waals surface area contributed by atoms with E-state index in [4.69, 9.17) is 0 Å². The van der Waals surface area contributed by atoms with Gasteiger partial charge >= 0.3 is 0 Å². The molecule has 0 atom stereocenters. The number of para-hydroxylation sites is 1. The molecular formula is C20H26N2. The molecule has 1 aromatic heterocycles. The van der Waals surface area contributed by atoms with Gasteiger partial charge in [0.05, 0.1) is 6.07 Å². The SMILES string of the molecule is CCCCCn1cc(/C(CC)=C(\C#N)CC)c2ccccc21. The second-order valence-corrected chi connectivity index (χ2v) is 5.74. The molecule has 0 radical (unpaired) electrons. The van der Waals surface area contributed by atoms with Crippen molar-refractivity contribution in [1.29, 1.82) is 5.26 Å². The first-order chi connectivity index (χ1) is 10.8. The maximum absolute atomic E-state index is 9.43. The van der Waals surface area contributed by atoms with Gasteiger partial charge in [-0.05, 0) is 30.9 Å². The van der Waals surface area contributed by atoms with E-state index in [-0.39, 0.29) is 0 Å². The highest BCUT2D eigenvalue weighted by Crippen LogP contribution is 2.32. The fraction of sp³-hybridized carbons (Fsp3) is 0.450. The van der Waals surface area contributed by atoms with Crippen LogP contribution in [-0.2, 0) is 6.54 Å². The second kappa shape index (κ2) is 7.84. The van der Waals surface area contributed by atoms with Crippen molar-refractivity contribution in [3.05, 3.63) is 41.6 Å². The summed E-state index contributed by atoms with van der Waals surface area (Å²) in [6, 6.07) is 11.0. The Morgan fingerprint density at radius 2 is 1.86 bits per heavy atom. The number of unbranched alkanes of at least 4 members (excludes halogenated alkanes) is 2. The van der Waals surface area contributed by atoms with E-state index in [9.17, 15) is 5.26 Å². The van der Waals surface area contributed by atoms with Crippen molar-refractivity contribution in [1.82, 2.24) is 4.57 Å². The van der Waals surface area contributed by atoms with Gasteiger partial charge < -0.3 is 4.57 Å². The van der Waals surface area contributed by atoms with Crippen LogP contribution in [0.3, 0.4) is 0 Å². The minimum Gasteiger partial charge on any atom is -0.347 e. The third-order valence-electron chi connectivity index (χ3n) is 4.32. The van der Waals surface area contributed by atoms with Gasteiger partial charge in [-0.15, -0.1) is 0 Å². The lowest BCUT2D eigenvalue weighted by Gasteiger charge is -2.06. The number of fused-ring (bicyclic) bond motifs is 1. The summed E-state index contributed by atoms with van der Waals surface area (Å²) >= 11 is 0. The highest BCUT2D eigenvalue weighted by atomic mass is 15.0. The summed E-state index contributed by atoms with van der Waals surface area (Å²) in [6.07, 6.45) is 7.66. The molecule has 0 saturated heterocycles. The number of allylic oxidation sites excluding steroid dienone is 2. The maximum Gasteiger partial charge on any atom is 0.0950 e. The lowest BCUT2D eigenvalue weighted by atomic mass is 9.96. The molecule has 116 valence electrons. The third kappa shape index (κ3) is 3.25. The molecule has 0 fully saturated rings. The predicted molar refractivity (Wildman–Crippen MR) is 94.6 cm³/mol. The molecule has 1 aromatic carbocycles. The van der Waals surface area contributed by atoms with E-state index in [1.165, 1.54) is 41.3 Å². The van der Waals surface area contributed by atoms with Crippen molar-refractivity contribution < 1.29 is 0 Å². The van der Waals surface area contributed by atoms with Gasteiger partial charge in [0.25, 0.3) is 0 Å². The first-order valence-corrected chi connectivity index (χ1v) is 8.47. The zero-order valence-corrected chi connectivity index (χ0v) is 14.0. The van der Waals surface area contributed by atoms with E-state index in [1.807, 2.05) is 0 Å². The summed E-state index contributed by atoms with van der Waals surface area (Å²) in [5.41, 5.74) is 4.65. The van der Waals surface area contributed by atoms with E-state index in [2.05, 4.69) is 61.9 Å². The molecular weight excluding hydrogens is 268 g/mol. The molecule has 2 heteroatoms. The van der Waals surface area contributed by atoms with E-state index in [0.29, 0.717) is 0 Å². The van der Waals surface area contributed by atoms with Crippen molar-refractivity contribution in [2.45, 2.75) is 59.4 Å². The van der Waals surface area contributed by atoms with Crippen LogP contribution in [0.4, 0.5) is 0 Å². The van der Waals surface area contributed by atoms with Crippen LogP contribution in [-0.4, -0.2) is 4.57 Å². The Morgan fingerprint density at radius 1 is 1.09 bits per heavy atom. The average molecular weight is 294 g/mol. The standard InChI is InChI=1S/C20H26N2/c1-4-7-10-13-22-15-19(17(6-3)16(5-2)14-21)18-11-8-9-12-20(18)22/h8-9,11-12,15H,4-7,10,13H2,1-3H3/b17-16-. The van der Waals surface area contributed by atoms with Gasteiger partial charge in [-0.25, -0.2) is 0 Å². The molecule has 0 bridgehead atoms. The highest BCUT2D eigenvalue weighted by Gasteiger charge is 2.13. The fourth-order valence-corrected chi connectivity index (χ4v) is 3.13. The Kier molecular flexibility index (Phi) is 5.83. The second-order valence-electron chi connectivity index (χ2n) is 5.74. The summed E-state index contributed by atoms with van der Waals surface area (Å²) < 4.78 is 2.36. The number of hydrogen-bond donors (Lipinski definition) is 0. The summed E-state index contributed by atoms with van der Waals surface area (Å²) in [7, 11) is 0. The predicted octanol–water partition coefficient (Wildman–Crippen LogP) is 5.93. The first-order valence-electron chi connectivity index (χ1n) is 8.47. The third-order valence-corrected chi connectivity index (χ3v) is 4.32. The maximum atomic E-state index is 9.43. The van der Waals surface area contributed by atoms with Gasteiger partial charge in [0.15, 0.2) is 0 Å². The molecule has 0 unspecified atom stereocenters. The topological polar surface area (TPSA) is 28.7 Å². The largest absolute Gasteiger partial charge is 0.347 e. The Balaban J connectivity index is 2.55. The number of aryl methyl sites for hydroxylation is 1. The van der Waals surface area contributed by atoms with Gasteiger partial charge in [0, 0.05) is 34.8 Å². The van der Waals surface area contributed by atoms with Crippen LogP contribution < -0.4 is 0 Å². The van der Waals surface area contributed by atoms with Gasteiger partial charge in [-0.3, -0.25) is 0 Å².